The second kappa shape index (κ2) is 6.17. The fraction of sp³-hybridized carbons (Fsp3) is 0.462. The molecule has 0 bridgehead atoms. The van der Waals surface area contributed by atoms with E-state index in [2.05, 4.69) is 21.2 Å². The third-order valence-electron chi connectivity index (χ3n) is 2.45. The summed E-state index contributed by atoms with van der Waals surface area (Å²) in [5.41, 5.74) is 0.565. The molecule has 0 heterocycles. The number of aliphatic hydroxyl groups excluding tert-OH is 1. The van der Waals surface area contributed by atoms with Crippen LogP contribution in [0.3, 0.4) is 0 Å². The third-order valence-corrected chi connectivity index (χ3v) is 3.23. The Hall–Kier alpha value is -0.870. The highest BCUT2D eigenvalue weighted by Gasteiger charge is 2.18. The van der Waals surface area contributed by atoms with Crippen molar-refractivity contribution in [3.63, 3.8) is 0 Å². The van der Waals surface area contributed by atoms with Crippen molar-refractivity contribution < 1.29 is 9.90 Å². The largest absolute Gasteiger partial charge is 0.394 e. The van der Waals surface area contributed by atoms with E-state index in [1.165, 1.54) is 0 Å². The number of halogens is 1. The summed E-state index contributed by atoms with van der Waals surface area (Å²) in [6, 6.07) is 7.86. The van der Waals surface area contributed by atoms with Gasteiger partial charge in [-0.15, -0.1) is 0 Å². The maximum Gasteiger partial charge on any atom is 0.220 e. The molecule has 2 N–H and O–H groups in total. The zero-order valence-corrected chi connectivity index (χ0v) is 11.8. The summed E-state index contributed by atoms with van der Waals surface area (Å²) in [4.78, 5) is 11.7. The SMILES string of the molecule is CC(C)(CO)NC(=O)CCc1ccccc1Br. The van der Waals surface area contributed by atoms with E-state index in [-0.39, 0.29) is 12.5 Å². The fourth-order valence-electron chi connectivity index (χ4n) is 1.43. The lowest BCUT2D eigenvalue weighted by Gasteiger charge is -2.23. The van der Waals surface area contributed by atoms with E-state index in [1.807, 2.05) is 24.3 Å². The van der Waals surface area contributed by atoms with Crippen molar-refractivity contribution >= 4 is 21.8 Å². The number of benzene rings is 1. The molecule has 4 heteroatoms. The van der Waals surface area contributed by atoms with Crippen LogP contribution in [0.2, 0.25) is 0 Å². The lowest BCUT2D eigenvalue weighted by atomic mass is 10.1. The summed E-state index contributed by atoms with van der Waals surface area (Å²) >= 11 is 3.45. The molecule has 1 amide bonds. The first-order chi connectivity index (χ1) is 7.94. The van der Waals surface area contributed by atoms with E-state index in [1.54, 1.807) is 13.8 Å². The van der Waals surface area contributed by atoms with Crippen LogP contribution in [0, 0.1) is 0 Å². The van der Waals surface area contributed by atoms with Gasteiger partial charge in [0.15, 0.2) is 0 Å². The smallest absolute Gasteiger partial charge is 0.220 e. The lowest BCUT2D eigenvalue weighted by molar-refractivity contribution is -0.123. The number of carbonyl (C=O) groups is 1. The van der Waals surface area contributed by atoms with Gasteiger partial charge in [-0.1, -0.05) is 34.1 Å². The number of amides is 1. The Labute approximate surface area is 110 Å². The second-order valence-corrected chi connectivity index (χ2v) is 5.54. The Balaban J connectivity index is 2.47. The normalized spacial score (nSPS) is 11.3. The first-order valence-electron chi connectivity index (χ1n) is 5.60. The number of rotatable bonds is 5. The molecule has 0 saturated carbocycles. The molecule has 0 unspecified atom stereocenters. The van der Waals surface area contributed by atoms with Gasteiger partial charge in [-0.25, -0.2) is 0 Å². The van der Waals surface area contributed by atoms with Gasteiger partial charge < -0.3 is 10.4 Å². The predicted molar refractivity (Wildman–Crippen MR) is 71.8 cm³/mol. The summed E-state index contributed by atoms with van der Waals surface area (Å²) < 4.78 is 1.02. The number of nitrogens with one attached hydrogen (secondary N) is 1. The average molecular weight is 300 g/mol. The van der Waals surface area contributed by atoms with Gasteiger partial charge in [0.1, 0.15) is 0 Å². The van der Waals surface area contributed by atoms with Crippen molar-refractivity contribution in [3.05, 3.63) is 34.3 Å². The fourth-order valence-corrected chi connectivity index (χ4v) is 1.91. The summed E-state index contributed by atoms with van der Waals surface area (Å²) in [7, 11) is 0. The molecule has 17 heavy (non-hydrogen) atoms. The summed E-state index contributed by atoms with van der Waals surface area (Å²) in [6.45, 7) is 3.53. The minimum atomic E-state index is -0.551. The molecule has 1 aromatic carbocycles. The zero-order valence-electron chi connectivity index (χ0n) is 10.2. The van der Waals surface area contributed by atoms with Gasteiger partial charge in [-0.2, -0.15) is 0 Å². The van der Waals surface area contributed by atoms with Crippen molar-refractivity contribution in [2.75, 3.05) is 6.61 Å². The van der Waals surface area contributed by atoms with Gasteiger partial charge in [-0.05, 0) is 31.9 Å². The average Bonchev–Trinajstić information content (AvgIpc) is 2.27. The Morgan fingerprint density at radius 2 is 2.06 bits per heavy atom. The van der Waals surface area contributed by atoms with E-state index in [4.69, 9.17) is 5.11 Å². The quantitative estimate of drug-likeness (QED) is 0.876. The molecular formula is C13H18BrNO2. The topological polar surface area (TPSA) is 49.3 Å². The highest BCUT2D eigenvalue weighted by molar-refractivity contribution is 9.10. The van der Waals surface area contributed by atoms with Gasteiger partial charge in [-0.3, -0.25) is 4.79 Å². The number of carbonyl (C=O) groups excluding carboxylic acids is 1. The lowest BCUT2D eigenvalue weighted by Crippen LogP contribution is -2.46. The molecule has 1 aromatic rings. The van der Waals surface area contributed by atoms with Gasteiger partial charge in [0.05, 0.1) is 12.1 Å². The van der Waals surface area contributed by atoms with Crippen LogP contribution >= 0.6 is 15.9 Å². The highest BCUT2D eigenvalue weighted by atomic mass is 79.9. The second-order valence-electron chi connectivity index (χ2n) is 4.68. The van der Waals surface area contributed by atoms with Crippen LogP contribution < -0.4 is 5.32 Å². The van der Waals surface area contributed by atoms with E-state index in [0.29, 0.717) is 12.8 Å². The van der Waals surface area contributed by atoms with Crippen LogP contribution in [0.5, 0.6) is 0 Å². The van der Waals surface area contributed by atoms with Gasteiger partial charge >= 0.3 is 0 Å². The van der Waals surface area contributed by atoms with Crippen LogP contribution in [0.4, 0.5) is 0 Å². The Bertz CT molecular complexity index is 391. The molecular weight excluding hydrogens is 282 g/mol. The van der Waals surface area contributed by atoms with Gasteiger partial charge in [0.2, 0.25) is 5.91 Å². The summed E-state index contributed by atoms with van der Waals surface area (Å²) in [6.07, 6.45) is 1.11. The van der Waals surface area contributed by atoms with Crippen molar-refractivity contribution in [2.45, 2.75) is 32.2 Å². The molecule has 0 radical (unpaired) electrons. The molecule has 1 rings (SSSR count). The summed E-state index contributed by atoms with van der Waals surface area (Å²) in [5.74, 6) is -0.0418. The van der Waals surface area contributed by atoms with Gasteiger partial charge in [0.25, 0.3) is 0 Å². The van der Waals surface area contributed by atoms with E-state index < -0.39 is 5.54 Å². The van der Waals surface area contributed by atoms with E-state index in [0.717, 1.165) is 10.0 Å². The van der Waals surface area contributed by atoms with Crippen LogP contribution in [0.1, 0.15) is 25.8 Å². The van der Waals surface area contributed by atoms with Crippen molar-refractivity contribution in [2.24, 2.45) is 0 Å². The standard InChI is InChI=1S/C13H18BrNO2/c1-13(2,9-16)15-12(17)8-7-10-5-3-4-6-11(10)14/h3-6,16H,7-9H2,1-2H3,(H,15,17). The minimum absolute atomic E-state index is 0.0418. The van der Waals surface area contributed by atoms with E-state index in [9.17, 15) is 4.79 Å². The maximum atomic E-state index is 11.7. The maximum absolute atomic E-state index is 11.7. The molecule has 94 valence electrons. The minimum Gasteiger partial charge on any atom is -0.394 e. The molecule has 0 aliphatic carbocycles. The number of hydrogen-bond donors (Lipinski definition) is 2. The molecule has 0 atom stereocenters. The van der Waals surface area contributed by atoms with Crippen molar-refractivity contribution in [1.82, 2.24) is 5.32 Å². The molecule has 0 aliphatic heterocycles. The Kier molecular flexibility index (Phi) is 5.15. The van der Waals surface area contributed by atoms with Crippen molar-refractivity contribution in [1.29, 1.82) is 0 Å². The summed E-state index contributed by atoms with van der Waals surface area (Å²) in [5, 5.41) is 11.8. The Morgan fingerprint density at radius 3 is 2.65 bits per heavy atom. The van der Waals surface area contributed by atoms with Gasteiger partial charge in [0, 0.05) is 10.9 Å². The molecule has 0 saturated heterocycles. The highest BCUT2D eigenvalue weighted by Crippen LogP contribution is 2.17. The van der Waals surface area contributed by atoms with Crippen LogP contribution in [-0.2, 0) is 11.2 Å². The van der Waals surface area contributed by atoms with Crippen LogP contribution in [-0.4, -0.2) is 23.2 Å². The van der Waals surface area contributed by atoms with Crippen LogP contribution in [0.25, 0.3) is 0 Å². The van der Waals surface area contributed by atoms with E-state index >= 15 is 0 Å². The molecule has 0 fully saturated rings. The Morgan fingerprint density at radius 1 is 1.41 bits per heavy atom. The first-order valence-corrected chi connectivity index (χ1v) is 6.39. The molecule has 0 aliphatic rings. The predicted octanol–water partition coefficient (Wildman–Crippen LogP) is 2.27. The molecule has 3 nitrogen and oxygen atoms in total. The number of aryl methyl sites for hydroxylation is 1. The van der Waals surface area contributed by atoms with Crippen molar-refractivity contribution in [3.8, 4) is 0 Å². The molecule has 0 aromatic heterocycles. The monoisotopic (exact) mass is 299 g/mol. The first kappa shape index (κ1) is 14.2. The number of aliphatic hydroxyl groups is 1. The third kappa shape index (κ3) is 4.88. The molecule has 0 spiro atoms. The van der Waals surface area contributed by atoms with Crippen LogP contribution in [0.15, 0.2) is 28.7 Å². The zero-order chi connectivity index (χ0) is 12.9. The number of hydrogen-bond acceptors (Lipinski definition) is 2.